The fourth-order valence-corrected chi connectivity index (χ4v) is 1.85. The van der Waals surface area contributed by atoms with Gasteiger partial charge in [0.2, 0.25) is 0 Å². The fraction of sp³-hybridized carbons (Fsp3) is 0.857. The van der Waals surface area contributed by atoms with Crippen molar-refractivity contribution in [3.63, 3.8) is 0 Å². The molecule has 0 spiro atoms. The Labute approximate surface area is 62.5 Å². The van der Waals surface area contributed by atoms with Gasteiger partial charge in [0.25, 0.3) is 0 Å². The van der Waals surface area contributed by atoms with Crippen molar-refractivity contribution in [2.75, 3.05) is 0 Å². The molecule has 0 N–H and O–H groups in total. The van der Waals surface area contributed by atoms with Crippen molar-refractivity contribution in [3.05, 3.63) is 0 Å². The van der Waals surface area contributed by atoms with Crippen LogP contribution in [0.15, 0.2) is 0 Å². The molecule has 4 heteroatoms. The van der Waals surface area contributed by atoms with Gasteiger partial charge < -0.3 is 4.74 Å². The van der Waals surface area contributed by atoms with Gasteiger partial charge in [-0.2, -0.15) is 8.78 Å². The van der Waals surface area contributed by atoms with Crippen LogP contribution >= 0.6 is 0 Å². The summed E-state index contributed by atoms with van der Waals surface area (Å²) in [4.78, 5) is 10.5. The van der Waals surface area contributed by atoms with Crippen LogP contribution in [0.2, 0.25) is 0 Å². The quantitative estimate of drug-likeness (QED) is 0.502. The Morgan fingerprint density at radius 2 is 2.18 bits per heavy atom. The first-order valence-corrected chi connectivity index (χ1v) is 3.71. The molecule has 0 radical (unpaired) electrons. The molecular formula is C7H8F2O2. The minimum absolute atomic E-state index is 0.420. The standard InChI is InChI=1S/C7H8F2O2/c8-7(9)4-2-1-3-5(4)11-6(7)10/h4-5H,1-3H2. The first-order valence-electron chi connectivity index (χ1n) is 3.71. The molecule has 2 atom stereocenters. The molecule has 0 amide bonds. The van der Waals surface area contributed by atoms with E-state index in [1.165, 1.54) is 0 Å². The Balaban J connectivity index is 2.27. The van der Waals surface area contributed by atoms with Crippen molar-refractivity contribution in [2.45, 2.75) is 31.3 Å². The Hall–Kier alpha value is -0.670. The van der Waals surface area contributed by atoms with E-state index >= 15 is 0 Å². The third-order valence-corrected chi connectivity index (χ3v) is 2.45. The van der Waals surface area contributed by atoms with Gasteiger partial charge in [-0.15, -0.1) is 0 Å². The second-order valence-electron chi connectivity index (χ2n) is 3.10. The van der Waals surface area contributed by atoms with Crippen LogP contribution in [0.5, 0.6) is 0 Å². The van der Waals surface area contributed by atoms with Crippen LogP contribution in [0, 0.1) is 5.92 Å². The number of hydrogen-bond donors (Lipinski definition) is 0. The van der Waals surface area contributed by atoms with Crippen molar-refractivity contribution < 1.29 is 18.3 Å². The van der Waals surface area contributed by atoms with Gasteiger partial charge >= 0.3 is 11.9 Å². The predicted molar refractivity (Wildman–Crippen MR) is 32.2 cm³/mol. The van der Waals surface area contributed by atoms with Gasteiger partial charge in [-0.1, -0.05) is 0 Å². The topological polar surface area (TPSA) is 26.3 Å². The van der Waals surface area contributed by atoms with Crippen LogP contribution in [0.1, 0.15) is 19.3 Å². The van der Waals surface area contributed by atoms with E-state index in [-0.39, 0.29) is 0 Å². The van der Waals surface area contributed by atoms with Crippen LogP contribution in [-0.2, 0) is 9.53 Å². The molecule has 2 unspecified atom stereocenters. The Morgan fingerprint density at radius 3 is 2.82 bits per heavy atom. The second kappa shape index (κ2) is 1.93. The molecule has 1 saturated heterocycles. The lowest BCUT2D eigenvalue weighted by atomic mass is 10.0. The van der Waals surface area contributed by atoms with Crippen LogP contribution in [0.25, 0.3) is 0 Å². The van der Waals surface area contributed by atoms with E-state index in [9.17, 15) is 13.6 Å². The molecule has 0 aromatic carbocycles. The lowest BCUT2D eigenvalue weighted by molar-refractivity contribution is -0.161. The van der Waals surface area contributed by atoms with Gasteiger partial charge in [0.05, 0.1) is 5.92 Å². The summed E-state index contributed by atoms with van der Waals surface area (Å²) in [6.07, 6.45) is 1.27. The maximum absolute atomic E-state index is 12.8. The number of esters is 1. The van der Waals surface area contributed by atoms with E-state index in [1.807, 2.05) is 0 Å². The lowest BCUT2D eigenvalue weighted by Crippen LogP contribution is -2.30. The molecule has 1 heterocycles. The minimum Gasteiger partial charge on any atom is -0.457 e. The molecule has 1 aliphatic carbocycles. The minimum atomic E-state index is -3.21. The highest BCUT2D eigenvalue weighted by atomic mass is 19.3. The van der Waals surface area contributed by atoms with Crippen LogP contribution < -0.4 is 0 Å². The second-order valence-corrected chi connectivity index (χ2v) is 3.10. The molecule has 11 heavy (non-hydrogen) atoms. The largest absolute Gasteiger partial charge is 0.457 e. The third-order valence-electron chi connectivity index (χ3n) is 2.45. The molecule has 2 rings (SSSR count). The first kappa shape index (κ1) is 7.00. The third kappa shape index (κ3) is 0.781. The zero-order valence-corrected chi connectivity index (χ0v) is 5.85. The molecule has 0 aromatic heterocycles. The van der Waals surface area contributed by atoms with E-state index in [0.29, 0.717) is 12.8 Å². The number of ether oxygens (including phenoxy) is 1. The van der Waals surface area contributed by atoms with Crippen molar-refractivity contribution in [3.8, 4) is 0 Å². The maximum atomic E-state index is 12.8. The molecule has 0 bridgehead atoms. The number of rotatable bonds is 0. The molecular weight excluding hydrogens is 154 g/mol. The van der Waals surface area contributed by atoms with Gasteiger partial charge in [-0.05, 0) is 19.3 Å². The zero-order valence-electron chi connectivity index (χ0n) is 5.85. The predicted octanol–water partition coefficient (Wildman–Crippen LogP) is 1.35. The summed E-state index contributed by atoms with van der Waals surface area (Å²) in [5, 5.41) is 0. The maximum Gasteiger partial charge on any atom is 0.377 e. The smallest absolute Gasteiger partial charge is 0.377 e. The summed E-state index contributed by atoms with van der Waals surface area (Å²) in [5.41, 5.74) is 0. The highest BCUT2D eigenvalue weighted by Gasteiger charge is 2.60. The number of fused-ring (bicyclic) bond motifs is 1. The summed E-state index contributed by atoms with van der Waals surface area (Å²) >= 11 is 0. The van der Waals surface area contributed by atoms with Gasteiger partial charge in [0.1, 0.15) is 6.10 Å². The van der Waals surface area contributed by atoms with Gasteiger partial charge in [-0.25, -0.2) is 4.79 Å². The molecule has 62 valence electrons. The van der Waals surface area contributed by atoms with E-state index in [2.05, 4.69) is 4.74 Å². The van der Waals surface area contributed by atoms with Crippen LogP contribution in [-0.4, -0.2) is 18.0 Å². The average molecular weight is 162 g/mol. The van der Waals surface area contributed by atoms with E-state index < -0.39 is 23.9 Å². The zero-order chi connectivity index (χ0) is 8.06. The summed E-state index contributed by atoms with van der Waals surface area (Å²) < 4.78 is 30.1. The van der Waals surface area contributed by atoms with Crippen LogP contribution in [0.4, 0.5) is 8.78 Å². The highest BCUT2D eigenvalue weighted by Crippen LogP contribution is 2.45. The molecule has 1 saturated carbocycles. The number of carbonyl (C=O) groups excluding carboxylic acids is 1. The number of halogens is 2. The lowest BCUT2D eigenvalue weighted by Gasteiger charge is -2.10. The van der Waals surface area contributed by atoms with Crippen LogP contribution in [0.3, 0.4) is 0 Å². The van der Waals surface area contributed by atoms with Gasteiger partial charge in [0.15, 0.2) is 0 Å². The Morgan fingerprint density at radius 1 is 1.45 bits per heavy atom. The van der Waals surface area contributed by atoms with Crippen molar-refractivity contribution in [1.82, 2.24) is 0 Å². The van der Waals surface area contributed by atoms with Crippen molar-refractivity contribution in [1.29, 1.82) is 0 Å². The Kier molecular flexibility index (Phi) is 1.23. The van der Waals surface area contributed by atoms with E-state index in [4.69, 9.17) is 0 Å². The van der Waals surface area contributed by atoms with Gasteiger partial charge in [-0.3, -0.25) is 0 Å². The highest BCUT2D eigenvalue weighted by molar-refractivity contribution is 5.80. The summed E-state index contributed by atoms with van der Waals surface area (Å²) in [6.45, 7) is 0. The number of carbonyl (C=O) groups is 1. The molecule has 2 fully saturated rings. The van der Waals surface area contributed by atoms with E-state index in [1.54, 1.807) is 0 Å². The van der Waals surface area contributed by atoms with Crippen molar-refractivity contribution in [2.24, 2.45) is 5.92 Å². The summed E-state index contributed by atoms with van der Waals surface area (Å²) in [5.74, 6) is -5.37. The van der Waals surface area contributed by atoms with Crippen molar-refractivity contribution >= 4 is 5.97 Å². The SMILES string of the molecule is O=C1OC2CCCC2C1(F)F. The molecule has 2 aliphatic rings. The normalized spacial score (nSPS) is 40.4. The summed E-state index contributed by atoms with van der Waals surface area (Å²) in [6, 6.07) is 0. The van der Waals surface area contributed by atoms with Gasteiger partial charge in [0, 0.05) is 0 Å². The molecule has 0 aromatic rings. The number of hydrogen-bond acceptors (Lipinski definition) is 2. The first-order chi connectivity index (χ1) is 5.12. The monoisotopic (exact) mass is 162 g/mol. The number of alkyl halides is 2. The Bertz CT molecular complexity index is 203. The molecule has 1 aliphatic heterocycles. The fourth-order valence-electron chi connectivity index (χ4n) is 1.85. The summed E-state index contributed by atoms with van der Waals surface area (Å²) in [7, 11) is 0. The van der Waals surface area contributed by atoms with E-state index in [0.717, 1.165) is 6.42 Å². The average Bonchev–Trinajstić information content (AvgIpc) is 2.41. The molecule has 2 nitrogen and oxygen atoms in total.